The lowest BCUT2D eigenvalue weighted by Crippen LogP contribution is -2.39. The summed E-state index contributed by atoms with van der Waals surface area (Å²) in [7, 11) is 0. The van der Waals surface area contributed by atoms with Gasteiger partial charge in [0.15, 0.2) is 0 Å². The van der Waals surface area contributed by atoms with Crippen LogP contribution >= 0.6 is 0 Å². The number of anilines is 1. The number of hydrogen-bond donors (Lipinski definition) is 2. The molecule has 1 saturated carbocycles. The zero-order chi connectivity index (χ0) is 10.7. The summed E-state index contributed by atoms with van der Waals surface area (Å²) in [5.74, 6) is 0.881. The molecule has 1 aliphatic carbocycles. The Morgan fingerprint density at radius 3 is 2.80 bits per heavy atom. The fourth-order valence-electron chi connectivity index (χ4n) is 2.25. The first-order chi connectivity index (χ1) is 7.24. The number of pyridine rings is 1. The van der Waals surface area contributed by atoms with Gasteiger partial charge in [0.1, 0.15) is 5.82 Å². The Hall–Kier alpha value is -1.09. The molecule has 2 rings (SSSR count). The van der Waals surface area contributed by atoms with Crippen molar-refractivity contribution in [3.05, 3.63) is 23.9 Å². The van der Waals surface area contributed by atoms with E-state index in [9.17, 15) is 5.11 Å². The number of hydrogen-bond acceptors (Lipinski definition) is 3. The molecule has 1 aliphatic rings. The molecule has 0 amide bonds. The maximum Gasteiger partial charge on any atom is 0.126 e. The molecule has 0 atom stereocenters. The first kappa shape index (κ1) is 10.4. The van der Waals surface area contributed by atoms with Crippen LogP contribution in [0.15, 0.2) is 18.3 Å². The van der Waals surface area contributed by atoms with E-state index >= 15 is 0 Å². The Balaban J connectivity index is 2.12. The Morgan fingerprint density at radius 2 is 2.20 bits per heavy atom. The molecule has 0 bridgehead atoms. The molecule has 1 aromatic heterocycles. The molecule has 1 fully saturated rings. The van der Waals surface area contributed by atoms with Crippen LogP contribution in [0.2, 0.25) is 0 Å². The second-order valence-corrected chi connectivity index (χ2v) is 4.49. The summed E-state index contributed by atoms with van der Waals surface area (Å²) in [5, 5.41) is 12.8. The summed E-state index contributed by atoms with van der Waals surface area (Å²) in [5.41, 5.74) is 1.07. The average molecular weight is 206 g/mol. The number of aryl methyl sites for hydroxylation is 1. The summed E-state index contributed by atoms with van der Waals surface area (Å²) >= 11 is 0. The topological polar surface area (TPSA) is 45.2 Å². The highest BCUT2D eigenvalue weighted by Crippen LogP contribution is 2.32. The summed E-state index contributed by atoms with van der Waals surface area (Å²) in [6, 6.07) is 4.00. The lowest BCUT2D eigenvalue weighted by molar-refractivity contribution is 0.214. The van der Waals surface area contributed by atoms with Crippen LogP contribution in [-0.4, -0.2) is 22.2 Å². The minimum absolute atomic E-state index is 0.124. The van der Waals surface area contributed by atoms with Gasteiger partial charge < -0.3 is 10.4 Å². The molecule has 0 unspecified atom stereocenters. The Morgan fingerprint density at radius 1 is 1.47 bits per heavy atom. The third-order valence-corrected chi connectivity index (χ3v) is 3.17. The van der Waals surface area contributed by atoms with Crippen LogP contribution < -0.4 is 5.32 Å². The molecule has 0 aromatic carbocycles. The van der Waals surface area contributed by atoms with Crippen molar-refractivity contribution in [3.8, 4) is 0 Å². The van der Waals surface area contributed by atoms with E-state index in [1.807, 2.05) is 19.1 Å². The fraction of sp³-hybridized carbons (Fsp3) is 0.583. The van der Waals surface area contributed by atoms with Crippen molar-refractivity contribution in [1.82, 2.24) is 4.98 Å². The Bertz CT molecular complexity index is 332. The maximum atomic E-state index is 9.46. The molecule has 1 heterocycles. The van der Waals surface area contributed by atoms with Crippen LogP contribution in [0.1, 0.15) is 31.2 Å². The van der Waals surface area contributed by atoms with Gasteiger partial charge in [0, 0.05) is 6.20 Å². The highest BCUT2D eigenvalue weighted by atomic mass is 16.3. The van der Waals surface area contributed by atoms with Crippen LogP contribution in [0.5, 0.6) is 0 Å². The molecule has 1 aromatic rings. The van der Waals surface area contributed by atoms with Crippen molar-refractivity contribution < 1.29 is 5.11 Å². The number of aromatic nitrogens is 1. The van der Waals surface area contributed by atoms with Crippen molar-refractivity contribution in [2.75, 3.05) is 11.9 Å². The average Bonchev–Trinajstić information content (AvgIpc) is 2.67. The summed E-state index contributed by atoms with van der Waals surface area (Å²) in [4.78, 5) is 4.27. The highest BCUT2D eigenvalue weighted by Gasteiger charge is 2.33. The van der Waals surface area contributed by atoms with Crippen LogP contribution in [0, 0.1) is 6.92 Å². The smallest absolute Gasteiger partial charge is 0.126 e. The van der Waals surface area contributed by atoms with Gasteiger partial charge in [-0.3, -0.25) is 0 Å². The van der Waals surface area contributed by atoms with Crippen molar-refractivity contribution in [3.63, 3.8) is 0 Å². The van der Waals surface area contributed by atoms with Gasteiger partial charge in [0.25, 0.3) is 0 Å². The van der Waals surface area contributed by atoms with Gasteiger partial charge in [-0.05, 0) is 37.5 Å². The molecule has 3 nitrogen and oxygen atoms in total. The first-order valence-electron chi connectivity index (χ1n) is 5.56. The third-order valence-electron chi connectivity index (χ3n) is 3.17. The van der Waals surface area contributed by atoms with E-state index in [0.29, 0.717) is 0 Å². The molecule has 0 saturated heterocycles. The van der Waals surface area contributed by atoms with Gasteiger partial charge in [-0.15, -0.1) is 0 Å². The van der Waals surface area contributed by atoms with Crippen molar-refractivity contribution in [2.45, 2.75) is 38.1 Å². The second kappa shape index (κ2) is 4.19. The number of aliphatic hydroxyl groups excluding tert-OH is 1. The monoisotopic (exact) mass is 206 g/mol. The molecule has 82 valence electrons. The number of aliphatic hydroxyl groups is 1. The van der Waals surface area contributed by atoms with Gasteiger partial charge in [0.2, 0.25) is 0 Å². The molecule has 3 heteroatoms. The minimum atomic E-state index is -0.124. The van der Waals surface area contributed by atoms with Crippen LogP contribution in [0.3, 0.4) is 0 Å². The van der Waals surface area contributed by atoms with E-state index in [1.54, 1.807) is 6.20 Å². The van der Waals surface area contributed by atoms with Crippen LogP contribution in [-0.2, 0) is 0 Å². The number of rotatable bonds is 3. The van der Waals surface area contributed by atoms with E-state index in [2.05, 4.69) is 10.3 Å². The zero-order valence-electron chi connectivity index (χ0n) is 9.16. The van der Waals surface area contributed by atoms with E-state index < -0.39 is 0 Å². The van der Waals surface area contributed by atoms with Crippen molar-refractivity contribution in [1.29, 1.82) is 0 Å². The maximum absolute atomic E-state index is 9.46. The molecular formula is C12H18N2O. The lowest BCUT2D eigenvalue weighted by atomic mass is 9.99. The molecular weight excluding hydrogens is 188 g/mol. The standard InChI is InChI=1S/C12H18N2O/c1-10-4-7-13-11(8-10)14-12(9-15)5-2-3-6-12/h4,7-8,15H,2-3,5-6,9H2,1H3,(H,13,14). The molecule has 0 radical (unpaired) electrons. The van der Waals surface area contributed by atoms with Crippen molar-refractivity contribution >= 4 is 5.82 Å². The lowest BCUT2D eigenvalue weighted by Gasteiger charge is -2.28. The summed E-state index contributed by atoms with van der Waals surface area (Å²) < 4.78 is 0. The molecule has 0 spiro atoms. The summed E-state index contributed by atoms with van der Waals surface area (Å²) in [6.45, 7) is 2.25. The van der Waals surface area contributed by atoms with E-state index in [0.717, 1.165) is 18.7 Å². The van der Waals surface area contributed by atoms with Crippen molar-refractivity contribution in [2.24, 2.45) is 0 Å². The Labute approximate surface area is 90.5 Å². The SMILES string of the molecule is Cc1ccnc(NC2(CO)CCCC2)c1. The number of nitrogens with zero attached hydrogens (tertiary/aromatic N) is 1. The highest BCUT2D eigenvalue weighted by molar-refractivity contribution is 5.40. The quantitative estimate of drug-likeness (QED) is 0.796. The van der Waals surface area contributed by atoms with E-state index in [-0.39, 0.29) is 12.1 Å². The third kappa shape index (κ3) is 2.29. The first-order valence-corrected chi connectivity index (χ1v) is 5.56. The van der Waals surface area contributed by atoms with E-state index in [1.165, 1.54) is 18.4 Å². The van der Waals surface area contributed by atoms with Gasteiger partial charge in [-0.1, -0.05) is 12.8 Å². The normalized spacial score (nSPS) is 19.1. The van der Waals surface area contributed by atoms with Crippen LogP contribution in [0.25, 0.3) is 0 Å². The summed E-state index contributed by atoms with van der Waals surface area (Å²) in [6.07, 6.45) is 6.27. The van der Waals surface area contributed by atoms with Gasteiger partial charge in [-0.2, -0.15) is 0 Å². The van der Waals surface area contributed by atoms with Crippen LogP contribution in [0.4, 0.5) is 5.82 Å². The Kier molecular flexibility index (Phi) is 2.91. The van der Waals surface area contributed by atoms with Gasteiger partial charge in [-0.25, -0.2) is 4.98 Å². The zero-order valence-corrected chi connectivity index (χ0v) is 9.16. The van der Waals surface area contributed by atoms with Gasteiger partial charge >= 0.3 is 0 Å². The fourth-order valence-corrected chi connectivity index (χ4v) is 2.25. The minimum Gasteiger partial charge on any atom is -0.394 e. The van der Waals surface area contributed by atoms with Gasteiger partial charge in [0.05, 0.1) is 12.1 Å². The largest absolute Gasteiger partial charge is 0.394 e. The second-order valence-electron chi connectivity index (χ2n) is 4.49. The number of nitrogens with one attached hydrogen (secondary N) is 1. The predicted octanol–water partition coefficient (Wildman–Crippen LogP) is 2.11. The van der Waals surface area contributed by atoms with E-state index in [4.69, 9.17) is 0 Å². The molecule has 2 N–H and O–H groups in total. The molecule has 0 aliphatic heterocycles. The molecule has 15 heavy (non-hydrogen) atoms. The predicted molar refractivity (Wildman–Crippen MR) is 60.9 cm³/mol.